The molecule has 0 aromatic heterocycles. The van der Waals surface area contributed by atoms with Gasteiger partial charge in [0, 0.05) is 0 Å². The molecule has 1 unspecified atom stereocenters. The van der Waals surface area contributed by atoms with E-state index < -0.39 is 11.9 Å². The summed E-state index contributed by atoms with van der Waals surface area (Å²) in [6, 6.07) is 8.48. The Morgan fingerprint density at radius 2 is 1.40 bits per heavy atom. The molecule has 0 radical (unpaired) electrons. The molecular weight excluding hydrogens is 316 g/mol. The number of carbonyl (C=O) groups excluding carboxylic acids is 2. The van der Waals surface area contributed by atoms with Gasteiger partial charge in [0.15, 0.2) is 0 Å². The Kier molecular flexibility index (Phi) is 11.4. The van der Waals surface area contributed by atoms with Gasteiger partial charge < -0.3 is 0 Å². The van der Waals surface area contributed by atoms with Crippen molar-refractivity contribution in [2.45, 2.75) is 78.1 Å². The van der Waals surface area contributed by atoms with Crippen molar-refractivity contribution in [3.05, 3.63) is 35.9 Å². The summed E-state index contributed by atoms with van der Waals surface area (Å²) in [5, 5.41) is 0. The zero-order valence-electron chi connectivity index (χ0n) is 15.7. The molecule has 1 atom stereocenters. The monoisotopic (exact) mass is 348 g/mol. The molecule has 0 aliphatic heterocycles. The van der Waals surface area contributed by atoms with Gasteiger partial charge in [-0.15, -0.1) is 0 Å². The topological polar surface area (TPSA) is 52.6 Å². The summed E-state index contributed by atoms with van der Waals surface area (Å²) in [4.78, 5) is 32.8. The van der Waals surface area contributed by atoms with Crippen LogP contribution < -0.4 is 0 Å². The van der Waals surface area contributed by atoms with E-state index in [-0.39, 0.29) is 5.92 Å². The highest BCUT2D eigenvalue weighted by Gasteiger charge is 2.18. The molecule has 0 bridgehead atoms. The van der Waals surface area contributed by atoms with Crippen LogP contribution >= 0.6 is 0 Å². The number of carbonyl (C=O) groups is 2. The molecule has 25 heavy (non-hydrogen) atoms. The summed E-state index contributed by atoms with van der Waals surface area (Å²) in [7, 11) is 0. The van der Waals surface area contributed by atoms with Gasteiger partial charge in [-0.25, -0.2) is 19.4 Å². The Morgan fingerprint density at radius 1 is 0.840 bits per heavy atom. The van der Waals surface area contributed by atoms with Crippen LogP contribution in [0, 0.1) is 5.92 Å². The van der Waals surface area contributed by atoms with Gasteiger partial charge in [0.05, 0.1) is 11.5 Å². The van der Waals surface area contributed by atoms with E-state index in [1.165, 1.54) is 44.9 Å². The van der Waals surface area contributed by atoms with Crippen LogP contribution in [0.1, 0.15) is 88.4 Å². The first-order chi connectivity index (χ1) is 12.1. The highest BCUT2D eigenvalue weighted by molar-refractivity contribution is 5.89. The van der Waals surface area contributed by atoms with Crippen molar-refractivity contribution >= 4 is 11.9 Å². The normalized spacial score (nSPS) is 11.8. The van der Waals surface area contributed by atoms with Gasteiger partial charge in [-0.05, 0) is 18.6 Å². The molecule has 0 aliphatic carbocycles. The second-order valence-electron chi connectivity index (χ2n) is 6.66. The maximum Gasteiger partial charge on any atom is 0.386 e. The molecule has 1 rings (SSSR count). The Hall–Kier alpha value is -1.84. The first-order valence-corrected chi connectivity index (χ1v) is 9.63. The van der Waals surface area contributed by atoms with E-state index in [1.807, 2.05) is 6.92 Å². The molecular formula is C21H32O4. The van der Waals surface area contributed by atoms with Crippen molar-refractivity contribution in [3.63, 3.8) is 0 Å². The van der Waals surface area contributed by atoms with Crippen molar-refractivity contribution in [1.29, 1.82) is 0 Å². The average molecular weight is 348 g/mol. The molecule has 0 saturated carbocycles. The lowest BCUT2D eigenvalue weighted by atomic mass is 10.0. The van der Waals surface area contributed by atoms with E-state index in [2.05, 4.69) is 16.7 Å². The quantitative estimate of drug-likeness (QED) is 0.270. The third-order valence-electron chi connectivity index (χ3n) is 4.35. The molecule has 0 heterocycles. The van der Waals surface area contributed by atoms with Gasteiger partial charge >= 0.3 is 11.9 Å². The summed E-state index contributed by atoms with van der Waals surface area (Å²) in [6.45, 7) is 4.04. The fourth-order valence-corrected chi connectivity index (χ4v) is 2.66. The first-order valence-electron chi connectivity index (χ1n) is 9.63. The highest BCUT2D eigenvalue weighted by Crippen LogP contribution is 2.15. The van der Waals surface area contributed by atoms with Crippen LogP contribution in [0.5, 0.6) is 0 Å². The van der Waals surface area contributed by atoms with E-state index in [9.17, 15) is 9.59 Å². The van der Waals surface area contributed by atoms with Crippen molar-refractivity contribution in [2.75, 3.05) is 0 Å². The predicted molar refractivity (Wildman–Crippen MR) is 99.0 cm³/mol. The smallest absolute Gasteiger partial charge is 0.247 e. The molecule has 1 aromatic carbocycles. The third kappa shape index (κ3) is 9.90. The minimum atomic E-state index is -0.649. The molecule has 1 aromatic rings. The standard InChI is InChI=1S/C21H32O4/c1-3-4-5-6-7-8-9-10-12-15-18(2)20(22)24-25-21(23)19-16-13-11-14-17-19/h11,13-14,16-18H,3-10,12,15H2,1-2H3. The predicted octanol–water partition coefficient (Wildman–Crippen LogP) is 5.86. The van der Waals surface area contributed by atoms with Crippen molar-refractivity contribution in [2.24, 2.45) is 5.92 Å². The lowest BCUT2D eigenvalue weighted by molar-refractivity contribution is -0.238. The number of rotatable bonds is 12. The largest absolute Gasteiger partial charge is 0.386 e. The van der Waals surface area contributed by atoms with Crippen molar-refractivity contribution in [3.8, 4) is 0 Å². The van der Waals surface area contributed by atoms with E-state index in [0.717, 1.165) is 19.3 Å². The average Bonchev–Trinajstić information content (AvgIpc) is 2.65. The van der Waals surface area contributed by atoms with Crippen molar-refractivity contribution < 1.29 is 19.4 Å². The van der Waals surface area contributed by atoms with Crippen molar-refractivity contribution in [1.82, 2.24) is 0 Å². The van der Waals surface area contributed by atoms with Crippen LogP contribution in [-0.4, -0.2) is 11.9 Å². The minimum Gasteiger partial charge on any atom is -0.247 e. The van der Waals surface area contributed by atoms with Gasteiger partial charge in [-0.3, -0.25) is 0 Å². The zero-order valence-corrected chi connectivity index (χ0v) is 15.7. The fraction of sp³-hybridized carbons (Fsp3) is 0.619. The van der Waals surface area contributed by atoms with E-state index >= 15 is 0 Å². The Bertz CT molecular complexity index is 484. The molecule has 0 aliphatic rings. The molecule has 0 spiro atoms. The number of hydrogen-bond acceptors (Lipinski definition) is 4. The van der Waals surface area contributed by atoms with Gasteiger partial charge in [0.1, 0.15) is 0 Å². The minimum absolute atomic E-state index is 0.256. The number of unbranched alkanes of at least 4 members (excludes halogenated alkanes) is 8. The summed E-state index contributed by atoms with van der Waals surface area (Å²) >= 11 is 0. The van der Waals surface area contributed by atoms with Gasteiger partial charge in [0.25, 0.3) is 0 Å². The van der Waals surface area contributed by atoms with Crippen LogP contribution in [-0.2, 0) is 14.6 Å². The fourth-order valence-electron chi connectivity index (χ4n) is 2.66. The van der Waals surface area contributed by atoms with Crippen LogP contribution in [0.4, 0.5) is 0 Å². The van der Waals surface area contributed by atoms with E-state index in [4.69, 9.17) is 0 Å². The second kappa shape index (κ2) is 13.5. The zero-order chi connectivity index (χ0) is 18.3. The molecule has 0 N–H and O–H groups in total. The Morgan fingerprint density at radius 3 is 2.00 bits per heavy atom. The number of hydrogen-bond donors (Lipinski definition) is 0. The molecule has 0 amide bonds. The number of benzene rings is 1. The maximum atomic E-state index is 11.8. The summed E-state index contributed by atoms with van der Waals surface area (Å²) in [5.74, 6) is -1.39. The van der Waals surface area contributed by atoms with Gasteiger partial charge in [-0.1, -0.05) is 89.8 Å². The second-order valence-corrected chi connectivity index (χ2v) is 6.66. The lowest BCUT2D eigenvalue weighted by Gasteiger charge is -2.09. The first kappa shape index (κ1) is 21.2. The van der Waals surface area contributed by atoms with Crippen LogP contribution in [0.2, 0.25) is 0 Å². The summed E-state index contributed by atoms with van der Waals surface area (Å²) in [5.41, 5.74) is 0.363. The molecule has 4 heteroatoms. The van der Waals surface area contributed by atoms with Gasteiger partial charge in [0.2, 0.25) is 0 Å². The lowest BCUT2D eigenvalue weighted by Crippen LogP contribution is -2.17. The Labute approximate surface area is 151 Å². The third-order valence-corrected chi connectivity index (χ3v) is 4.35. The molecule has 140 valence electrons. The van der Waals surface area contributed by atoms with E-state index in [1.54, 1.807) is 30.3 Å². The maximum absolute atomic E-state index is 11.8. The Balaban J connectivity index is 2.05. The van der Waals surface area contributed by atoms with Gasteiger partial charge in [-0.2, -0.15) is 0 Å². The van der Waals surface area contributed by atoms with Crippen LogP contribution in [0.15, 0.2) is 30.3 Å². The molecule has 4 nitrogen and oxygen atoms in total. The van der Waals surface area contributed by atoms with Crippen LogP contribution in [0.25, 0.3) is 0 Å². The SMILES string of the molecule is CCCCCCCCCCCC(C)C(=O)OOC(=O)c1ccccc1. The van der Waals surface area contributed by atoms with Crippen LogP contribution in [0.3, 0.4) is 0 Å². The summed E-state index contributed by atoms with van der Waals surface area (Å²) in [6.07, 6.45) is 12.0. The summed E-state index contributed by atoms with van der Waals surface area (Å²) < 4.78 is 0. The highest BCUT2D eigenvalue weighted by atomic mass is 17.2. The molecule has 0 saturated heterocycles. The van der Waals surface area contributed by atoms with E-state index in [0.29, 0.717) is 5.56 Å². The molecule has 0 fully saturated rings.